The van der Waals surface area contributed by atoms with E-state index in [9.17, 15) is 0 Å². The lowest BCUT2D eigenvalue weighted by molar-refractivity contribution is 1.29. The van der Waals surface area contributed by atoms with Gasteiger partial charge >= 0.3 is 0 Å². The van der Waals surface area contributed by atoms with Gasteiger partial charge in [-0.1, -0.05) is 146 Å². The first-order chi connectivity index (χ1) is 27.7. The molecule has 0 amide bonds. The second-order valence-electron chi connectivity index (χ2n) is 14.2. The molecule has 0 bridgehead atoms. The number of aromatic nitrogens is 2. The van der Waals surface area contributed by atoms with Crippen LogP contribution in [0, 0.1) is 0 Å². The first kappa shape index (κ1) is 32.3. The Morgan fingerprint density at radius 1 is 0.357 bits per heavy atom. The van der Waals surface area contributed by atoms with E-state index in [2.05, 4.69) is 193 Å². The van der Waals surface area contributed by atoms with Crippen LogP contribution in [0.3, 0.4) is 0 Å². The van der Waals surface area contributed by atoms with Crippen LogP contribution in [0.5, 0.6) is 0 Å². The lowest BCUT2D eigenvalue weighted by atomic mass is 9.96. The van der Waals surface area contributed by atoms with Gasteiger partial charge in [0.2, 0.25) is 0 Å². The van der Waals surface area contributed by atoms with Gasteiger partial charge in [-0.15, -0.1) is 11.3 Å². The molecule has 11 rings (SSSR count). The summed E-state index contributed by atoms with van der Waals surface area (Å²) in [7, 11) is 0. The molecule has 262 valence electrons. The third kappa shape index (κ3) is 5.50. The number of fused-ring (bicyclic) bond motifs is 8. The van der Waals surface area contributed by atoms with Crippen LogP contribution in [0.25, 0.3) is 86.4 Å². The smallest absolute Gasteiger partial charge is 0.0979 e. The highest BCUT2D eigenvalue weighted by atomic mass is 32.1. The summed E-state index contributed by atoms with van der Waals surface area (Å²) in [6, 6.07) is 71.4. The zero-order valence-corrected chi connectivity index (χ0v) is 31.1. The van der Waals surface area contributed by atoms with Crippen LogP contribution in [0.1, 0.15) is 0 Å². The Kier molecular flexibility index (Phi) is 7.68. The summed E-state index contributed by atoms with van der Waals surface area (Å²) in [5.74, 6) is 0. The van der Waals surface area contributed by atoms with Crippen molar-refractivity contribution in [2.24, 2.45) is 0 Å². The summed E-state index contributed by atoms with van der Waals surface area (Å²) in [4.78, 5) is 13.0. The van der Waals surface area contributed by atoms with E-state index in [1.807, 2.05) is 23.5 Å². The van der Waals surface area contributed by atoms with E-state index in [0.29, 0.717) is 0 Å². The highest BCUT2D eigenvalue weighted by Crippen LogP contribution is 2.42. The Labute approximate surface area is 328 Å². The molecular weight excluding hydrogens is 699 g/mol. The minimum atomic E-state index is 0.887. The van der Waals surface area contributed by atoms with Crippen molar-refractivity contribution in [3.63, 3.8) is 0 Å². The van der Waals surface area contributed by atoms with Gasteiger partial charge in [0.25, 0.3) is 0 Å². The molecule has 0 saturated heterocycles. The Balaban J connectivity index is 1.00. The van der Waals surface area contributed by atoms with Crippen LogP contribution in [-0.4, -0.2) is 9.97 Å². The minimum absolute atomic E-state index is 0.887. The number of anilines is 3. The van der Waals surface area contributed by atoms with Gasteiger partial charge in [-0.05, 0) is 81.9 Å². The van der Waals surface area contributed by atoms with Gasteiger partial charge in [0.05, 0.1) is 22.4 Å². The Morgan fingerprint density at radius 3 is 1.70 bits per heavy atom. The number of rotatable bonds is 6. The van der Waals surface area contributed by atoms with Crippen LogP contribution in [-0.2, 0) is 0 Å². The lowest BCUT2D eigenvalue weighted by Gasteiger charge is -2.25. The minimum Gasteiger partial charge on any atom is -0.310 e. The standard InChI is InChI=1S/C52H33N3S/c1-4-12-36(13-5-1)50-51(37-14-6-2-7-15-37)54-52-46(53-50)31-25-35-20-21-39-32-38(24-29-43(39)49(35)52)34-22-26-41(27-23-34)55(40-16-8-3-9-17-40)42-28-30-45-44-18-10-11-19-47(44)56-48(45)33-42/h1-33H. The van der Waals surface area contributed by atoms with E-state index in [1.165, 1.54) is 42.1 Å². The molecule has 0 radical (unpaired) electrons. The molecule has 0 aliphatic heterocycles. The summed E-state index contributed by atoms with van der Waals surface area (Å²) in [5, 5.41) is 7.23. The van der Waals surface area contributed by atoms with Crippen molar-refractivity contribution in [2.75, 3.05) is 4.90 Å². The molecule has 4 heteroatoms. The summed E-state index contributed by atoms with van der Waals surface area (Å²) < 4.78 is 2.60. The van der Waals surface area contributed by atoms with Crippen molar-refractivity contribution in [1.29, 1.82) is 0 Å². The van der Waals surface area contributed by atoms with Crippen LogP contribution in [0.4, 0.5) is 17.1 Å². The van der Waals surface area contributed by atoms with Gasteiger partial charge in [0.15, 0.2) is 0 Å². The molecule has 0 aliphatic rings. The first-order valence-corrected chi connectivity index (χ1v) is 19.7. The first-order valence-electron chi connectivity index (χ1n) is 18.9. The van der Waals surface area contributed by atoms with Gasteiger partial charge in [0, 0.05) is 53.7 Å². The maximum atomic E-state index is 5.42. The largest absolute Gasteiger partial charge is 0.310 e. The third-order valence-corrected chi connectivity index (χ3v) is 12.0. The summed E-state index contributed by atoms with van der Waals surface area (Å²) in [6.45, 7) is 0. The molecule has 9 aromatic carbocycles. The monoisotopic (exact) mass is 731 g/mol. The van der Waals surface area contributed by atoms with Crippen LogP contribution < -0.4 is 4.90 Å². The van der Waals surface area contributed by atoms with E-state index >= 15 is 0 Å². The molecule has 0 N–H and O–H groups in total. The molecule has 0 unspecified atom stereocenters. The van der Waals surface area contributed by atoms with Crippen LogP contribution in [0.2, 0.25) is 0 Å². The van der Waals surface area contributed by atoms with Crippen molar-refractivity contribution in [3.8, 4) is 33.6 Å². The number of nitrogens with zero attached hydrogens (tertiary/aromatic N) is 3. The van der Waals surface area contributed by atoms with E-state index in [0.717, 1.165) is 61.4 Å². The zero-order chi connectivity index (χ0) is 37.0. The highest BCUT2D eigenvalue weighted by molar-refractivity contribution is 7.25. The quantitative estimate of drug-likeness (QED) is 0.159. The van der Waals surface area contributed by atoms with Gasteiger partial charge in [-0.25, -0.2) is 9.97 Å². The van der Waals surface area contributed by atoms with E-state index in [4.69, 9.17) is 9.97 Å². The fourth-order valence-electron chi connectivity index (χ4n) is 8.12. The van der Waals surface area contributed by atoms with Crippen molar-refractivity contribution >= 4 is 81.1 Å². The Morgan fingerprint density at radius 2 is 0.929 bits per heavy atom. The summed E-state index contributed by atoms with van der Waals surface area (Å²) >= 11 is 1.85. The van der Waals surface area contributed by atoms with E-state index in [1.54, 1.807) is 0 Å². The number of para-hydroxylation sites is 1. The summed E-state index contributed by atoms with van der Waals surface area (Å²) in [5.41, 5.74) is 11.4. The second-order valence-corrected chi connectivity index (χ2v) is 15.3. The fourth-order valence-corrected chi connectivity index (χ4v) is 9.26. The van der Waals surface area contributed by atoms with Crippen LogP contribution in [0.15, 0.2) is 200 Å². The number of hydrogen-bond donors (Lipinski definition) is 0. The molecule has 11 aromatic rings. The van der Waals surface area contributed by atoms with Gasteiger partial charge in [-0.3, -0.25) is 0 Å². The normalized spacial score (nSPS) is 11.6. The molecule has 2 heterocycles. The zero-order valence-electron chi connectivity index (χ0n) is 30.3. The van der Waals surface area contributed by atoms with Crippen LogP contribution >= 0.6 is 11.3 Å². The number of thiophene rings is 1. The maximum absolute atomic E-state index is 5.42. The fraction of sp³-hybridized carbons (Fsp3) is 0. The summed E-state index contributed by atoms with van der Waals surface area (Å²) in [6.07, 6.45) is 0. The Bertz CT molecular complexity index is 3230. The van der Waals surface area contributed by atoms with Crippen molar-refractivity contribution in [1.82, 2.24) is 9.97 Å². The van der Waals surface area contributed by atoms with Gasteiger partial charge in [-0.2, -0.15) is 0 Å². The molecule has 2 aromatic heterocycles. The molecular formula is C52H33N3S. The molecule has 0 atom stereocenters. The van der Waals surface area contributed by atoms with Gasteiger partial charge < -0.3 is 4.90 Å². The predicted molar refractivity (Wildman–Crippen MR) is 238 cm³/mol. The molecule has 0 spiro atoms. The Hall–Kier alpha value is -7.14. The molecule has 3 nitrogen and oxygen atoms in total. The van der Waals surface area contributed by atoms with E-state index < -0.39 is 0 Å². The molecule has 0 saturated carbocycles. The van der Waals surface area contributed by atoms with Crippen molar-refractivity contribution in [3.05, 3.63) is 200 Å². The molecule has 0 aliphatic carbocycles. The SMILES string of the molecule is c1ccc(-c2nc3ccc4ccc5cc(-c6ccc(N(c7ccccc7)c7ccc8c(c7)sc7ccccc78)cc6)ccc5c4c3nc2-c2ccccc2)cc1. The van der Waals surface area contributed by atoms with E-state index in [-0.39, 0.29) is 0 Å². The average Bonchev–Trinajstić information content (AvgIpc) is 3.65. The third-order valence-electron chi connectivity index (χ3n) is 10.8. The molecule has 0 fully saturated rings. The van der Waals surface area contributed by atoms with Crippen molar-refractivity contribution in [2.45, 2.75) is 0 Å². The predicted octanol–water partition coefficient (Wildman–Crippen LogP) is 14.8. The van der Waals surface area contributed by atoms with Crippen molar-refractivity contribution < 1.29 is 0 Å². The second kappa shape index (κ2) is 13.3. The maximum Gasteiger partial charge on any atom is 0.0979 e. The number of benzene rings is 9. The number of hydrogen-bond acceptors (Lipinski definition) is 4. The highest BCUT2D eigenvalue weighted by Gasteiger charge is 2.18. The van der Waals surface area contributed by atoms with Gasteiger partial charge in [0.1, 0.15) is 0 Å². The lowest BCUT2D eigenvalue weighted by Crippen LogP contribution is -2.09. The topological polar surface area (TPSA) is 29.0 Å². The molecule has 56 heavy (non-hydrogen) atoms. The average molecular weight is 732 g/mol.